The molecule has 1 aromatic carbocycles. The first-order valence-corrected chi connectivity index (χ1v) is 6.60. The Morgan fingerprint density at radius 2 is 2.35 bits per heavy atom. The number of amides is 1. The Bertz CT molecular complexity index is 575. The summed E-state index contributed by atoms with van der Waals surface area (Å²) in [4.78, 5) is 24.5. The molecule has 2 aliphatic rings. The van der Waals surface area contributed by atoms with Gasteiger partial charge in [0, 0.05) is 44.0 Å². The number of nitrogens with zero attached hydrogens (tertiary/aromatic N) is 2. The van der Waals surface area contributed by atoms with Crippen molar-refractivity contribution in [1.29, 1.82) is 0 Å². The van der Waals surface area contributed by atoms with E-state index in [0.29, 0.717) is 12.1 Å². The smallest absolute Gasteiger partial charge is 0.282 e. The normalized spacial score (nSPS) is 23.9. The zero-order valence-corrected chi connectivity index (χ0v) is 11.1. The number of hydrogen-bond donors (Lipinski definition) is 2. The van der Waals surface area contributed by atoms with Crippen molar-refractivity contribution >= 4 is 17.3 Å². The highest BCUT2D eigenvalue weighted by molar-refractivity contribution is 5.99. The van der Waals surface area contributed by atoms with Crippen molar-refractivity contribution in [2.24, 2.45) is 0 Å². The molecule has 7 nitrogen and oxygen atoms in total. The fourth-order valence-corrected chi connectivity index (χ4v) is 3.06. The predicted octanol–water partition coefficient (Wildman–Crippen LogP) is 0.505. The minimum Gasteiger partial charge on any atom is -0.366 e. The average Bonchev–Trinajstić information content (AvgIpc) is 3.08. The molecule has 1 aromatic rings. The molecule has 2 heterocycles. The third kappa shape index (κ3) is 2.00. The first kappa shape index (κ1) is 12.9. The van der Waals surface area contributed by atoms with E-state index in [1.807, 2.05) is 0 Å². The van der Waals surface area contributed by atoms with Gasteiger partial charge in [0.05, 0.1) is 4.92 Å². The van der Waals surface area contributed by atoms with Gasteiger partial charge >= 0.3 is 0 Å². The number of carbonyl (C=O) groups excluding carboxylic acids is 1. The summed E-state index contributed by atoms with van der Waals surface area (Å²) in [6.07, 6.45) is 1.09. The van der Waals surface area contributed by atoms with Gasteiger partial charge in [-0.1, -0.05) is 0 Å². The van der Waals surface area contributed by atoms with E-state index in [1.165, 1.54) is 13.1 Å². The lowest BCUT2D eigenvalue weighted by atomic mass is 10.1. The molecule has 2 aliphatic heterocycles. The molecule has 0 aliphatic carbocycles. The van der Waals surface area contributed by atoms with E-state index in [2.05, 4.69) is 15.5 Å². The molecule has 2 bridgehead atoms. The van der Waals surface area contributed by atoms with E-state index in [1.54, 1.807) is 12.1 Å². The SMILES string of the molecule is CNC(=O)c1cc(N2C[C@@H]3C[C@H]2CN3)ccc1[N+](=O)[O-]. The Morgan fingerprint density at radius 3 is 2.90 bits per heavy atom. The highest BCUT2D eigenvalue weighted by Gasteiger charge is 2.38. The van der Waals surface area contributed by atoms with Crippen molar-refractivity contribution in [1.82, 2.24) is 10.6 Å². The van der Waals surface area contributed by atoms with Gasteiger partial charge in [-0.15, -0.1) is 0 Å². The fraction of sp³-hybridized carbons (Fsp3) is 0.462. The van der Waals surface area contributed by atoms with Crippen molar-refractivity contribution in [3.8, 4) is 0 Å². The van der Waals surface area contributed by atoms with Gasteiger partial charge in [-0.05, 0) is 18.6 Å². The molecule has 106 valence electrons. The van der Waals surface area contributed by atoms with Crippen LogP contribution in [0.3, 0.4) is 0 Å². The number of nitrogens with one attached hydrogen (secondary N) is 2. The zero-order chi connectivity index (χ0) is 14.3. The molecular weight excluding hydrogens is 260 g/mol. The van der Waals surface area contributed by atoms with Crippen LogP contribution in [-0.2, 0) is 0 Å². The molecule has 0 unspecified atom stereocenters. The summed E-state index contributed by atoms with van der Waals surface area (Å²) in [5, 5.41) is 16.9. The molecule has 2 saturated heterocycles. The summed E-state index contributed by atoms with van der Waals surface area (Å²) in [7, 11) is 1.47. The number of nitro groups is 1. The maximum atomic E-state index is 11.8. The van der Waals surface area contributed by atoms with Crippen LogP contribution in [0.4, 0.5) is 11.4 Å². The summed E-state index contributed by atoms with van der Waals surface area (Å²) in [5.41, 5.74) is 0.838. The van der Waals surface area contributed by atoms with Crippen molar-refractivity contribution in [3.63, 3.8) is 0 Å². The summed E-state index contributed by atoms with van der Waals surface area (Å²) in [6, 6.07) is 5.67. The number of rotatable bonds is 3. The second-order valence-electron chi connectivity index (χ2n) is 5.18. The Morgan fingerprint density at radius 1 is 1.55 bits per heavy atom. The lowest BCUT2D eigenvalue weighted by Crippen LogP contribution is -2.43. The van der Waals surface area contributed by atoms with E-state index < -0.39 is 10.8 Å². The van der Waals surface area contributed by atoms with E-state index in [-0.39, 0.29) is 11.3 Å². The van der Waals surface area contributed by atoms with Crippen LogP contribution >= 0.6 is 0 Å². The Balaban J connectivity index is 1.97. The molecule has 0 saturated carbocycles. The van der Waals surface area contributed by atoms with Crippen molar-refractivity contribution in [3.05, 3.63) is 33.9 Å². The highest BCUT2D eigenvalue weighted by Crippen LogP contribution is 2.32. The molecule has 7 heteroatoms. The standard InChI is InChI=1S/C13H16N4O3/c1-14-13(18)11-5-9(2-3-12(11)17(19)20)16-7-8-4-10(16)6-15-8/h2-3,5,8,10,15H,4,6-7H2,1H3,(H,14,18)/t8-,10-/m0/s1. The zero-order valence-electron chi connectivity index (χ0n) is 11.1. The fourth-order valence-electron chi connectivity index (χ4n) is 3.06. The number of carbonyl (C=O) groups is 1. The molecule has 2 fully saturated rings. The lowest BCUT2D eigenvalue weighted by Gasteiger charge is -2.29. The van der Waals surface area contributed by atoms with Gasteiger partial charge in [-0.25, -0.2) is 0 Å². The van der Waals surface area contributed by atoms with E-state index >= 15 is 0 Å². The number of hydrogen-bond acceptors (Lipinski definition) is 5. The van der Waals surface area contributed by atoms with E-state index in [9.17, 15) is 14.9 Å². The van der Waals surface area contributed by atoms with E-state index in [0.717, 1.165) is 25.2 Å². The number of anilines is 1. The average molecular weight is 276 g/mol. The van der Waals surface area contributed by atoms with Gasteiger partial charge in [-0.2, -0.15) is 0 Å². The second-order valence-corrected chi connectivity index (χ2v) is 5.18. The molecule has 1 amide bonds. The molecular formula is C13H16N4O3. The minimum atomic E-state index is -0.522. The minimum absolute atomic E-state index is 0.116. The maximum Gasteiger partial charge on any atom is 0.282 e. The Kier molecular flexibility index (Phi) is 3.06. The summed E-state index contributed by atoms with van der Waals surface area (Å²) in [5.74, 6) is -0.430. The molecule has 3 rings (SSSR count). The van der Waals surface area contributed by atoms with Crippen molar-refractivity contribution < 1.29 is 9.72 Å². The van der Waals surface area contributed by atoms with Crippen LogP contribution in [0.2, 0.25) is 0 Å². The number of piperazine rings is 1. The third-order valence-corrected chi connectivity index (χ3v) is 4.04. The molecule has 2 atom stereocenters. The van der Waals surface area contributed by atoms with Gasteiger partial charge in [0.2, 0.25) is 0 Å². The summed E-state index contributed by atoms with van der Waals surface area (Å²) < 4.78 is 0. The monoisotopic (exact) mass is 276 g/mol. The third-order valence-electron chi connectivity index (χ3n) is 4.04. The topological polar surface area (TPSA) is 87.5 Å². The van der Waals surface area contributed by atoms with Crippen LogP contribution in [0.15, 0.2) is 18.2 Å². The first-order valence-electron chi connectivity index (χ1n) is 6.60. The maximum absolute atomic E-state index is 11.8. The van der Waals surface area contributed by atoms with Gasteiger partial charge in [0.15, 0.2) is 0 Å². The van der Waals surface area contributed by atoms with Gasteiger partial charge < -0.3 is 15.5 Å². The van der Waals surface area contributed by atoms with Gasteiger partial charge in [-0.3, -0.25) is 14.9 Å². The largest absolute Gasteiger partial charge is 0.366 e. The first-order chi connectivity index (χ1) is 9.60. The van der Waals surface area contributed by atoms with Crippen molar-refractivity contribution in [2.45, 2.75) is 18.5 Å². The predicted molar refractivity (Wildman–Crippen MR) is 74.0 cm³/mol. The van der Waals surface area contributed by atoms with Crippen LogP contribution in [0.5, 0.6) is 0 Å². The van der Waals surface area contributed by atoms with Crippen LogP contribution in [0.1, 0.15) is 16.8 Å². The van der Waals surface area contributed by atoms with Gasteiger partial charge in [0.1, 0.15) is 5.56 Å². The molecule has 0 aromatic heterocycles. The Hall–Kier alpha value is -2.15. The van der Waals surface area contributed by atoms with Crippen LogP contribution < -0.4 is 15.5 Å². The quantitative estimate of drug-likeness (QED) is 0.620. The van der Waals surface area contributed by atoms with Gasteiger partial charge in [0.25, 0.3) is 11.6 Å². The molecule has 20 heavy (non-hydrogen) atoms. The lowest BCUT2D eigenvalue weighted by molar-refractivity contribution is -0.385. The summed E-state index contributed by atoms with van der Waals surface area (Å²) >= 11 is 0. The highest BCUT2D eigenvalue weighted by atomic mass is 16.6. The second kappa shape index (κ2) is 4.75. The summed E-state index contributed by atoms with van der Waals surface area (Å²) in [6.45, 7) is 1.81. The van der Waals surface area contributed by atoms with Crippen molar-refractivity contribution in [2.75, 3.05) is 25.0 Å². The number of nitro benzene ring substituents is 1. The molecule has 2 N–H and O–H groups in total. The number of benzene rings is 1. The van der Waals surface area contributed by atoms with Crippen LogP contribution in [-0.4, -0.2) is 43.1 Å². The number of fused-ring (bicyclic) bond motifs is 2. The molecule has 0 radical (unpaired) electrons. The van der Waals surface area contributed by atoms with Crippen LogP contribution in [0.25, 0.3) is 0 Å². The molecule has 0 spiro atoms. The Labute approximate surface area is 116 Å². The van der Waals surface area contributed by atoms with Crippen LogP contribution in [0, 0.1) is 10.1 Å². The van der Waals surface area contributed by atoms with E-state index in [4.69, 9.17) is 0 Å².